The zero-order valence-corrected chi connectivity index (χ0v) is 14.2. The number of hydrogen-bond donors (Lipinski definition) is 1. The minimum atomic E-state index is -0.550. The van der Waals surface area contributed by atoms with Gasteiger partial charge in [-0.25, -0.2) is 4.39 Å². The van der Waals surface area contributed by atoms with Gasteiger partial charge in [0.2, 0.25) is 11.8 Å². The molecule has 0 bridgehead atoms. The van der Waals surface area contributed by atoms with Crippen molar-refractivity contribution in [2.45, 2.75) is 45.2 Å². The first kappa shape index (κ1) is 17.7. The van der Waals surface area contributed by atoms with E-state index in [1.165, 1.54) is 24.0 Å². The van der Waals surface area contributed by atoms with Crippen LogP contribution in [-0.4, -0.2) is 29.8 Å². The summed E-state index contributed by atoms with van der Waals surface area (Å²) in [6.07, 6.45) is 3.98. The SMILES string of the molecule is CC(=O)NC(C(=O)N(C)Cc1c(F)cccc1Cl)C1CCCC1. The third-order valence-electron chi connectivity index (χ3n) is 4.33. The quantitative estimate of drug-likeness (QED) is 0.895. The first-order valence-electron chi connectivity index (χ1n) is 7.85. The van der Waals surface area contributed by atoms with Crippen LogP contribution < -0.4 is 5.32 Å². The molecule has 6 heteroatoms. The van der Waals surface area contributed by atoms with Gasteiger partial charge in [0.1, 0.15) is 11.9 Å². The Morgan fingerprint density at radius 1 is 1.39 bits per heavy atom. The molecule has 0 aromatic heterocycles. The number of carbonyl (C=O) groups excluding carboxylic acids is 2. The summed E-state index contributed by atoms with van der Waals surface area (Å²) >= 11 is 6.02. The van der Waals surface area contributed by atoms with E-state index in [1.807, 2.05) is 0 Å². The number of amides is 2. The molecule has 23 heavy (non-hydrogen) atoms. The molecule has 0 heterocycles. The van der Waals surface area contributed by atoms with Crippen molar-refractivity contribution in [3.63, 3.8) is 0 Å². The molecule has 1 atom stereocenters. The van der Waals surface area contributed by atoms with Crippen LogP contribution in [0.2, 0.25) is 5.02 Å². The van der Waals surface area contributed by atoms with Crippen molar-refractivity contribution in [1.82, 2.24) is 10.2 Å². The van der Waals surface area contributed by atoms with Crippen LogP contribution in [0, 0.1) is 11.7 Å². The Morgan fingerprint density at radius 3 is 2.61 bits per heavy atom. The summed E-state index contributed by atoms with van der Waals surface area (Å²) < 4.78 is 13.9. The van der Waals surface area contributed by atoms with Crippen LogP contribution >= 0.6 is 11.6 Å². The molecule has 2 rings (SSSR count). The first-order valence-corrected chi connectivity index (χ1v) is 8.23. The Morgan fingerprint density at radius 2 is 2.04 bits per heavy atom. The highest BCUT2D eigenvalue weighted by Crippen LogP contribution is 2.29. The fraction of sp³-hybridized carbons (Fsp3) is 0.529. The Labute approximate surface area is 141 Å². The van der Waals surface area contributed by atoms with Crippen LogP contribution in [0.4, 0.5) is 4.39 Å². The van der Waals surface area contributed by atoms with Gasteiger partial charge in [-0.15, -0.1) is 0 Å². The second-order valence-electron chi connectivity index (χ2n) is 6.12. The molecule has 1 unspecified atom stereocenters. The van der Waals surface area contributed by atoms with Crippen molar-refractivity contribution in [3.8, 4) is 0 Å². The summed E-state index contributed by atoms with van der Waals surface area (Å²) in [4.78, 5) is 25.6. The fourth-order valence-corrected chi connectivity index (χ4v) is 3.35. The fourth-order valence-electron chi connectivity index (χ4n) is 3.13. The molecule has 1 saturated carbocycles. The van der Waals surface area contributed by atoms with E-state index in [-0.39, 0.29) is 29.8 Å². The van der Waals surface area contributed by atoms with Crippen molar-refractivity contribution in [2.75, 3.05) is 7.05 Å². The highest BCUT2D eigenvalue weighted by molar-refractivity contribution is 6.31. The summed E-state index contributed by atoms with van der Waals surface area (Å²) in [6, 6.07) is 3.90. The monoisotopic (exact) mass is 340 g/mol. The third kappa shape index (κ3) is 4.44. The average molecular weight is 341 g/mol. The normalized spacial score (nSPS) is 16.2. The highest BCUT2D eigenvalue weighted by atomic mass is 35.5. The molecule has 4 nitrogen and oxygen atoms in total. The highest BCUT2D eigenvalue weighted by Gasteiger charge is 2.33. The number of hydrogen-bond acceptors (Lipinski definition) is 2. The molecule has 1 aliphatic rings. The van der Waals surface area contributed by atoms with Gasteiger partial charge in [0.15, 0.2) is 0 Å². The van der Waals surface area contributed by atoms with Gasteiger partial charge in [0.25, 0.3) is 0 Å². The molecule has 126 valence electrons. The molecule has 1 fully saturated rings. The molecule has 0 aliphatic heterocycles. The van der Waals surface area contributed by atoms with E-state index < -0.39 is 11.9 Å². The molecule has 0 spiro atoms. The van der Waals surface area contributed by atoms with E-state index in [0.717, 1.165) is 25.7 Å². The molecule has 0 saturated heterocycles. The van der Waals surface area contributed by atoms with Crippen LogP contribution in [0.15, 0.2) is 18.2 Å². The first-order chi connectivity index (χ1) is 10.9. The minimum absolute atomic E-state index is 0.0765. The van der Waals surface area contributed by atoms with E-state index in [0.29, 0.717) is 5.02 Å². The lowest BCUT2D eigenvalue weighted by Gasteiger charge is -2.28. The molecule has 0 radical (unpaired) electrons. The maximum absolute atomic E-state index is 13.9. The van der Waals surface area contributed by atoms with Gasteiger partial charge in [-0.3, -0.25) is 9.59 Å². The van der Waals surface area contributed by atoms with E-state index in [9.17, 15) is 14.0 Å². The minimum Gasteiger partial charge on any atom is -0.344 e. The molecule has 1 aliphatic carbocycles. The van der Waals surface area contributed by atoms with Crippen molar-refractivity contribution in [2.24, 2.45) is 5.92 Å². The zero-order chi connectivity index (χ0) is 17.0. The predicted molar refractivity (Wildman–Crippen MR) is 87.4 cm³/mol. The van der Waals surface area contributed by atoms with Gasteiger partial charge in [0, 0.05) is 31.1 Å². The van der Waals surface area contributed by atoms with Crippen molar-refractivity contribution in [1.29, 1.82) is 0 Å². The molecule has 1 aromatic rings. The molecule has 1 N–H and O–H groups in total. The molecular weight excluding hydrogens is 319 g/mol. The van der Waals surface area contributed by atoms with E-state index in [1.54, 1.807) is 13.1 Å². The average Bonchev–Trinajstić information content (AvgIpc) is 3.01. The molecular formula is C17H22ClFN2O2. The predicted octanol–water partition coefficient (Wildman–Crippen LogP) is 3.13. The van der Waals surface area contributed by atoms with Gasteiger partial charge in [-0.2, -0.15) is 0 Å². The number of nitrogens with zero attached hydrogens (tertiary/aromatic N) is 1. The maximum Gasteiger partial charge on any atom is 0.245 e. The van der Waals surface area contributed by atoms with Gasteiger partial charge in [-0.05, 0) is 30.9 Å². The van der Waals surface area contributed by atoms with Gasteiger partial charge in [0.05, 0.1) is 0 Å². The Balaban J connectivity index is 2.13. The third-order valence-corrected chi connectivity index (χ3v) is 4.68. The van der Waals surface area contributed by atoms with Crippen molar-refractivity contribution >= 4 is 23.4 Å². The largest absolute Gasteiger partial charge is 0.344 e. The van der Waals surface area contributed by atoms with Crippen LogP contribution in [0.25, 0.3) is 0 Å². The number of carbonyl (C=O) groups is 2. The van der Waals surface area contributed by atoms with Crippen LogP contribution in [-0.2, 0) is 16.1 Å². The lowest BCUT2D eigenvalue weighted by Crippen LogP contribution is -2.50. The van der Waals surface area contributed by atoms with E-state index in [2.05, 4.69) is 5.32 Å². The number of nitrogens with one attached hydrogen (secondary N) is 1. The number of rotatable bonds is 5. The number of benzene rings is 1. The second-order valence-corrected chi connectivity index (χ2v) is 6.52. The summed E-state index contributed by atoms with van der Waals surface area (Å²) in [5, 5.41) is 3.05. The zero-order valence-electron chi connectivity index (χ0n) is 13.4. The lowest BCUT2D eigenvalue weighted by atomic mass is 9.96. The van der Waals surface area contributed by atoms with E-state index in [4.69, 9.17) is 11.6 Å². The number of likely N-dealkylation sites (N-methyl/N-ethyl adjacent to an activating group) is 1. The Bertz CT molecular complexity index is 568. The summed E-state index contributed by atoms with van der Waals surface area (Å²) in [7, 11) is 1.61. The Hall–Kier alpha value is -1.62. The van der Waals surface area contributed by atoms with Gasteiger partial charge in [-0.1, -0.05) is 30.5 Å². The van der Waals surface area contributed by atoms with Crippen LogP contribution in [0.3, 0.4) is 0 Å². The summed E-state index contributed by atoms with van der Waals surface area (Å²) in [5.41, 5.74) is 0.290. The summed E-state index contributed by atoms with van der Waals surface area (Å²) in [6.45, 7) is 1.48. The van der Waals surface area contributed by atoms with E-state index >= 15 is 0 Å². The maximum atomic E-state index is 13.9. The van der Waals surface area contributed by atoms with Crippen molar-refractivity contribution in [3.05, 3.63) is 34.6 Å². The van der Waals surface area contributed by atoms with Crippen LogP contribution in [0.5, 0.6) is 0 Å². The number of halogens is 2. The second kappa shape index (κ2) is 7.77. The lowest BCUT2D eigenvalue weighted by molar-refractivity contribution is -0.137. The standard InChI is InChI=1S/C17H22ClFN2O2/c1-11(22)20-16(12-6-3-4-7-12)17(23)21(2)10-13-14(18)8-5-9-15(13)19/h5,8-9,12,16H,3-4,6-7,10H2,1-2H3,(H,20,22). The summed E-state index contributed by atoms with van der Waals surface area (Å²) in [5.74, 6) is -0.724. The topological polar surface area (TPSA) is 49.4 Å². The Kier molecular flexibility index (Phi) is 5.99. The van der Waals surface area contributed by atoms with Crippen LogP contribution in [0.1, 0.15) is 38.2 Å². The smallest absolute Gasteiger partial charge is 0.245 e. The molecule has 2 amide bonds. The van der Waals surface area contributed by atoms with Crippen molar-refractivity contribution < 1.29 is 14.0 Å². The molecule has 1 aromatic carbocycles. The van der Waals surface area contributed by atoms with Gasteiger partial charge >= 0.3 is 0 Å². The van der Waals surface area contributed by atoms with Gasteiger partial charge < -0.3 is 10.2 Å².